The molecule has 0 unspecified atom stereocenters. The van der Waals surface area contributed by atoms with Gasteiger partial charge in [0.1, 0.15) is 5.82 Å². The van der Waals surface area contributed by atoms with Crippen LogP contribution in [0.4, 0.5) is 28.9 Å². The maximum Gasteiger partial charge on any atom is 0.434 e. The summed E-state index contributed by atoms with van der Waals surface area (Å²) in [5, 5.41) is 16.6. The first-order valence-electron chi connectivity index (χ1n) is 9.15. The first-order chi connectivity index (χ1) is 15.7. The van der Waals surface area contributed by atoms with Gasteiger partial charge in [0.2, 0.25) is 0 Å². The molecule has 0 atom stereocenters. The van der Waals surface area contributed by atoms with Crippen LogP contribution in [0.2, 0.25) is 5.02 Å². The van der Waals surface area contributed by atoms with Crippen LogP contribution in [0.5, 0.6) is 0 Å². The standard InChI is InChI=1S/C19H13ClF4N8O/c1-25-14-7-11(8-26-17(14)32-27-4-5-28-32)30-18(33)12-9-29-31(16(12)19(22,23)24)15-6-10(21)2-3-13(15)20/h2-9,25H,1H3,(H,30,33). The summed E-state index contributed by atoms with van der Waals surface area (Å²) in [4.78, 5) is 18.1. The van der Waals surface area contributed by atoms with Crippen LogP contribution in [0.25, 0.3) is 11.5 Å². The lowest BCUT2D eigenvalue weighted by molar-refractivity contribution is -0.143. The van der Waals surface area contributed by atoms with Crippen molar-refractivity contribution in [3.8, 4) is 11.5 Å². The Morgan fingerprint density at radius 1 is 1.09 bits per heavy atom. The van der Waals surface area contributed by atoms with Crippen molar-refractivity contribution in [3.63, 3.8) is 0 Å². The molecule has 1 aromatic carbocycles. The number of alkyl halides is 3. The Labute approximate surface area is 188 Å². The Morgan fingerprint density at radius 2 is 1.82 bits per heavy atom. The van der Waals surface area contributed by atoms with Crippen LogP contribution in [-0.2, 0) is 6.18 Å². The van der Waals surface area contributed by atoms with Crippen molar-refractivity contribution in [1.29, 1.82) is 0 Å². The molecule has 9 nitrogen and oxygen atoms in total. The van der Waals surface area contributed by atoms with Crippen LogP contribution in [0, 0.1) is 5.82 Å². The van der Waals surface area contributed by atoms with Crippen molar-refractivity contribution >= 4 is 28.9 Å². The summed E-state index contributed by atoms with van der Waals surface area (Å²) in [5.74, 6) is -1.61. The number of halogens is 5. The monoisotopic (exact) mass is 480 g/mol. The summed E-state index contributed by atoms with van der Waals surface area (Å²) < 4.78 is 55.6. The molecular weight excluding hydrogens is 468 g/mol. The largest absolute Gasteiger partial charge is 0.434 e. The number of carbonyl (C=O) groups is 1. The first-order valence-corrected chi connectivity index (χ1v) is 9.53. The number of pyridine rings is 1. The van der Waals surface area contributed by atoms with E-state index < -0.39 is 29.2 Å². The molecule has 4 aromatic rings. The minimum absolute atomic E-state index is 0.102. The van der Waals surface area contributed by atoms with Crippen molar-refractivity contribution in [2.24, 2.45) is 0 Å². The van der Waals surface area contributed by atoms with E-state index in [9.17, 15) is 22.4 Å². The Bertz CT molecular complexity index is 1320. The highest BCUT2D eigenvalue weighted by atomic mass is 35.5. The topological polar surface area (TPSA) is 103 Å². The van der Waals surface area contributed by atoms with Crippen molar-refractivity contribution < 1.29 is 22.4 Å². The van der Waals surface area contributed by atoms with Crippen LogP contribution in [0.15, 0.2) is 49.1 Å². The van der Waals surface area contributed by atoms with Gasteiger partial charge in [-0.05, 0) is 18.2 Å². The third-order valence-electron chi connectivity index (χ3n) is 4.42. The summed E-state index contributed by atoms with van der Waals surface area (Å²) in [6, 6.07) is 4.32. The molecule has 0 aliphatic rings. The van der Waals surface area contributed by atoms with E-state index in [0.717, 1.165) is 24.4 Å². The minimum atomic E-state index is -5.00. The highest BCUT2D eigenvalue weighted by Gasteiger charge is 2.41. The normalized spacial score (nSPS) is 11.5. The van der Waals surface area contributed by atoms with Crippen molar-refractivity contribution in [2.75, 3.05) is 17.7 Å². The van der Waals surface area contributed by atoms with Crippen LogP contribution in [0.1, 0.15) is 16.1 Å². The molecule has 170 valence electrons. The lowest BCUT2D eigenvalue weighted by atomic mass is 10.2. The fraction of sp³-hybridized carbons (Fsp3) is 0.105. The van der Waals surface area contributed by atoms with E-state index in [2.05, 4.69) is 30.9 Å². The van der Waals surface area contributed by atoms with Gasteiger partial charge in [0.15, 0.2) is 11.5 Å². The van der Waals surface area contributed by atoms with E-state index in [1.165, 1.54) is 29.5 Å². The van der Waals surface area contributed by atoms with Crippen molar-refractivity contribution in [3.05, 3.63) is 71.2 Å². The SMILES string of the molecule is CNc1cc(NC(=O)c2cnn(-c3cc(F)ccc3Cl)c2C(F)(F)F)cnc1-n1nccn1. The number of aromatic nitrogens is 6. The van der Waals surface area contributed by atoms with Crippen LogP contribution in [-0.4, -0.2) is 42.7 Å². The first kappa shape index (κ1) is 22.2. The van der Waals surface area contributed by atoms with E-state index >= 15 is 0 Å². The number of benzene rings is 1. The number of anilines is 2. The van der Waals surface area contributed by atoms with Gasteiger partial charge in [-0.2, -0.15) is 28.5 Å². The second-order valence-electron chi connectivity index (χ2n) is 6.53. The number of hydrogen-bond donors (Lipinski definition) is 2. The van der Waals surface area contributed by atoms with Gasteiger partial charge in [-0.15, -0.1) is 4.80 Å². The number of nitrogens with zero attached hydrogens (tertiary/aromatic N) is 6. The molecule has 0 saturated carbocycles. The molecule has 4 rings (SSSR count). The summed E-state index contributed by atoms with van der Waals surface area (Å²) in [5.41, 5.74) is -2.05. The average Bonchev–Trinajstić information content (AvgIpc) is 3.45. The molecule has 0 fully saturated rings. The summed E-state index contributed by atoms with van der Waals surface area (Å²) in [6.45, 7) is 0. The molecule has 0 aliphatic heterocycles. The fourth-order valence-electron chi connectivity index (χ4n) is 3.01. The van der Waals surface area contributed by atoms with Crippen LogP contribution in [0.3, 0.4) is 0 Å². The second-order valence-corrected chi connectivity index (χ2v) is 6.94. The van der Waals surface area contributed by atoms with Gasteiger partial charge >= 0.3 is 6.18 Å². The predicted octanol–water partition coefficient (Wildman–Crippen LogP) is 3.95. The van der Waals surface area contributed by atoms with Gasteiger partial charge in [-0.3, -0.25) is 4.79 Å². The molecule has 0 aliphatic carbocycles. The van der Waals surface area contributed by atoms with Crippen LogP contribution < -0.4 is 10.6 Å². The summed E-state index contributed by atoms with van der Waals surface area (Å²) >= 11 is 5.94. The average molecular weight is 481 g/mol. The third-order valence-corrected chi connectivity index (χ3v) is 4.74. The lowest BCUT2D eigenvalue weighted by Gasteiger charge is -2.14. The van der Waals surface area contributed by atoms with E-state index in [0.29, 0.717) is 16.2 Å². The van der Waals surface area contributed by atoms with E-state index in [-0.39, 0.29) is 16.4 Å². The van der Waals surface area contributed by atoms with E-state index in [4.69, 9.17) is 11.6 Å². The molecule has 0 bridgehead atoms. The van der Waals surface area contributed by atoms with Gasteiger partial charge in [0.25, 0.3) is 5.91 Å². The number of nitrogens with one attached hydrogen (secondary N) is 2. The number of amides is 1. The van der Waals surface area contributed by atoms with Gasteiger partial charge < -0.3 is 10.6 Å². The second kappa shape index (κ2) is 8.50. The lowest BCUT2D eigenvalue weighted by Crippen LogP contribution is -2.21. The van der Waals surface area contributed by atoms with E-state index in [1.54, 1.807) is 7.05 Å². The van der Waals surface area contributed by atoms with Gasteiger partial charge in [0, 0.05) is 13.1 Å². The molecule has 3 heterocycles. The molecular formula is C19H13ClF4N8O. The third kappa shape index (κ3) is 4.35. The van der Waals surface area contributed by atoms with Gasteiger partial charge in [-0.25, -0.2) is 14.1 Å². The molecule has 0 spiro atoms. The Morgan fingerprint density at radius 3 is 2.48 bits per heavy atom. The van der Waals surface area contributed by atoms with Crippen LogP contribution >= 0.6 is 11.6 Å². The summed E-state index contributed by atoms with van der Waals surface area (Å²) in [7, 11) is 1.59. The Kier molecular flexibility index (Phi) is 5.72. The maximum atomic E-state index is 13.9. The van der Waals surface area contributed by atoms with Crippen molar-refractivity contribution in [2.45, 2.75) is 6.18 Å². The fourth-order valence-corrected chi connectivity index (χ4v) is 3.21. The zero-order valence-electron chi connectivity index (χ0n) is 16.6. The summed E-state index contributed by atoms with van der Waals surface area (Å²) in [6.07, 6.45) is -0.148. The Hall–Kier alpha value is -4.00. The molecule has 0 radical (unpaired) electrons. The van der Waals surface area contributed by atoms with E-state index in [1.807, 2.05) is 0 Å². The number of rotatable bonds is 5. The predicted molar refractivity (Wildman–Crippen MR) is 110 cm³/mol. The van der Waals surface area contributed by atoms with Gasteiger partial charge in [-0.1, -0.05) is 11.6 Å². The maximum absolute atomic E-state index is 13.9. The number of carbonyl (C=O) groups excluding carboxylic acids is 1. The molecule has 33 heavy (non-hydrogen) atoms. The molecule has 3 aromatic heterocycles. The smallest absolute Gasteiger partial charge is 0.385 e. The highest BCUT2D eigenvalue weighted by Crippen LogP contribution is 2.35. The van der Waals surface area contributed by atoms with Gasteiger partial charge in [0.05, 0.1) is 52.4 Å². The molecule has 0 saturated heterocycles. The minimum Gasteiger partial charge on any atom is -0.385 e. The number of hydrogen-bond acceptors (Lipinski definition) is 6. The quantitative estimate of drug-likeness (QED) is 0.419. The Balaban J connectivity index is 1.71. The zero-order valence-corrected chi connectivity index (χ0v) is 17.4. The molecule has 2 N–H and O–H groups in total. The zero-order chi connectivity index (χ0) is 23.8. The van der Waals surface area contributed by atoms with Crippen molar-refractivity contribution in [1.82, 2.24) is 29.8 Å². The molecule has 14 heteroatoms. The highest BCUT2D eigenvalue weighted by molar-refractivity contribution is 6.32. The molecule has 1 amide bonds.